The molecule has 0 spiro atoms. The highest BCUT2D eigenvalue weighted by molar-refractivity contribution is 5.14. The van der Waals surface area contributed by atoms with E-state index in [-0.39, 0.29) is 6.61 Å². The Morgan fingerprint density at radius 2 is 2.15 bits per heavy atom. The highest BCUT2D eigenvalue weighted by Gasteiger charge is 2.12. The van der Waals surface area contributed by atoms with Gasteiger partial charge in [0.15, 0.2) is 0 Å². The molecule has 0 fully saturated rings. The van der Waals surface area contributed by atoms with Gasteiger partial charge in [-0.2, -0.15) is 5.26 Å². The van der Waals surface area contributed by atoms with Gasteiger partial charge >= 0.3 is 0 Å². The molecule has 0 aliphatic carbocycles. The third-order valence-electron chi connectivity index (χ3n) is 2.80. The van der Waals surface area contributed by atoms with Crippen LogP contribution in [0.1, 0.15) is 12.0 Å². The Kier molecular flexibility index (Phi) is 8.32. The van der Waals surface area contributed by atoms with Crippen LogP contribution >= 0.6 is 0 Å². The van der Waals surface area contributed by atoms with E-state index in [4.69, 9.17) is 10.00 Å². The van der Waals surface area contributed by atoms with Crippen LogP contribution in [0, 0.1) is 11.3 Å². The number of hydrogen-bond donors (Lipinski definition) is 1. The molecule has 1 aromatic rings. The van der Waals surface area contributed by atoms with Crippen molar-refractivity contribution in [3.05, 3.63) is 48.6 Å². The molecule has 1 aromatic carbocycles. The summed E-state index contributed by atoms with van der Waals surface area (Å²) in [6.45, 7) is 6.14. The van der Waals surface area contributed by atoms with Gasteiger partial charge in [0.25, 0.3) is 0 Å². The molecular formula is C16H22N2O2. The summed E-state index contributed by atoms with van der Waals surface area (Å²) < 4.78 is 5.24. The van der Waals surface area contributed by atoms with Gasteiger partial charge in [0, 0.05) is 26.1 Å². The minimum absolute atomic E-state index is 0.282. The molecule has 4 nitrogen and oxygen atoms in total. The predicted molar refractivity (Wildman–Crippen MR) is 79.0 cm³/mol. The molecule has 0 aliphatic rings. The summed E-state index contributed by atoms with van der Waals surface area (Å²) in [7, 11) is 0. The van der Waals surface area contributed by atoms with Crippen LogP contribution in [0.4, 0.5) is 0 Å². The zero-order valence-electron chi connectivity index (χ0n) is 11.7. The van der Waals surface area contributed by atoms with Gasteiger partial charge < -0.3 is 9.84 Å². The van der Waals surface area contributed by atoms with Crippen molar-refractivity contribution in [1.82, 2.24) is 4.90 Å². The molecule has 4 heteroatoms. The van der Waals surface area contributed by atoms with Crippen LogP contribution in [-0.4, -0.2) is 42.4 Å². The number of ether oxygens (including phenoxy) is 1. The van der Waals surface area contributed by atoms with Crippen molar-refractivity contribution in [2.75, 3.05) is 26.3 Å². The van der Waals surface area contributed by atoms with E-state index < -0.39 is 6.10 Å². The van der Waals surface area contributed by atoms with Gasteiger partial charge in [0.2, 0.25) is 0 Å². The third-order valence-corrected chi connectivity index (χ3v) is 2.80. The zero-order chi connectivity index (χ0) is 14.6. The van der Waals surface area contributed by atoms with E-state index in [0.29, 0.717) is 26.1 Å². The summed E-state index contributed by atoms with van der Waals surface area (Å²) >= 11 is 0. The first kappa shape index (κ1) is 16.4. The normalized spacial score (nSPS) is 12.1. The molecule has 0 saturated carbocycles. The molecule has 0 saturated heterocycles. The third kappa shape index (κ3) is 7.05. The smallest absolute Gasteiger partial charge is 0.0900 e. The first-order valence-electron chi connectivity index (χ1n) is 6.76. The van der Waals surface area contributed by atoms with Gasteiger partial charge in [-0.3, -0.25) is 4.90 Å². The van der Waals surface area contributed by atoms with Gasteiger partial charge in [-0.1, -0.05) is 36.4 Å². The molecule has 1 unspecified atom stereocenters. The van der Waals surface area contributed by atoms with Crippen molar-refractivity contribution in [1.29, 1.82) is 5.26 Å². The quantitative estimate of drug-likeness (QED) is 0.523. The van der Waals surface area contributed by atoms with Crippen LogP contribution in [0.15, 0.2) is 43.0 Å². The molecule has 1 rings (SSSR count). The summed E-state index contributed by atoms with van der Waals surface area (Å²) in [5, 5.41) is 18.7. The lowest BCUT2D eigenvalue weighted by molar-refractivity contribution is 0.0250. The number of nitriles is 1. The van der Waals surface area contributed by atoms with Gasteiger partial charge in [-0.15, -0.1) is 6.58 Å². The fourth-order valence-electron chi connectivity index (χ4n) is 1.92. The Morgan fingerprint density at radius 3 is 2.80 bits per heavy atom. The second-order valence-corrected chi connectivity index (χ2v) is 4.61. The average molecular weight is 274 g/mol. The number of aliphatic hydroxyl groups is 1. The molecule has 0 aliphatic heterocycles. The highest BCUT2D eigenvalue weighted by atomic mass is 16.5. The summed E-state index contributed by atoms with van der Waals surface area (Å²) in [6.07, 6.45) is 1.55. The van der Waals surface area contributed by atoms with Gasteiger partial charge in [-0.25, -0.2) is 0 Å². The summed E-state index contributed by atoms with van der Waals surface area (Å²) in [5.41, 5.74) is 1.17. The number of hydrogen-bond acceptors (Lipinski definition) is 4. The van der Waals surface area contributed by atoms with E-state index in [2.05, 4.69) is 17.5 Å². The first-order valence-corrected chi connectivity index (χ1v) is 6.76. The first-order chi connectivity index (χ1) is 9.76. The van der Waals surface area contributed by atoms with Crippen LogP contribution < -0.4 is 0 Å². The van der Waals surface area contributed by atoms with E-state index in [1.54, 1.807) is 6.08 Å². The van der Waals surface area contributed by atoms with E-state index >= 15 is 0 Å². The van der Waals surface area contributed by atoms with Crippen LogP contribution in [0.3, 0.4) is 0 Å². The van der Waals surface area contributed by atoms with Crippen molar-refractivity contribution in [3.8, 4) is 6.07 Å². The molecule has 1 N–H and O–H groups in total. The second-order valence-electron chi connectivity index (χ2n) is 4.61. The molecule has 0 bridgehead atoms. The SMILES string of the molecule is C=CCOCC(O)CN(CCC#N)Cc1ccccc1. The monoisotopic (exact) mass is 274 g/mol. The van der Waals surface area contributed by atoms with E-state index in [1.807, 2.05) is 30.3 Å². The molecular weight excluding hydrogens is 252 g/mol. The molecule has 0 aromatic heterocycles. The molecule has 0 heterocycles. The Hall–Kier alpha value is -1.67. The molecule has 20 heavy (non-hydrogen) atoms. The lowest BCUT2D eigenvalue weighted by atomic mass is 10.2. The molecule has 108 valence electrons. The number of aliphatic hydroxyl groups excluding tert-OH is 1. The maximum Gasteiger partial charge on any atom is 0.0900 e. The Morgan fingerprint density at radius 1 is 1.40 bits per heavy atom. The maximum atomic E-state index is 9.94. The summed E-state index contributed by atoms with van der Waals surface area (Å²) in [4.78, 5) is 2.07. The van der Waals surface area contributed by atoms with Crippen LogP contribution in [0.2, 0.25) is 0 Å². The Balaban J connectivity index is 2.46. The average Bonchev–Trinajstić information content (AvgIpc) is 2.46. The Bertz CT molecular complexity index is 414. The summed E-state index contributed by atoms with van der Waals surface area (Å²) in [6, 6.07) is 12.2. The van der Waals surface area contributed by atoms with Crippen molar-refractivity contribution < 1.29 is 9.84 Å². The lowest BCUT2D eigenvalue weighted by Crippen LogP contribution is -2.35. The standard InChI is InChI=1S/C16H22N2O2/c1-2-11-20-14-16(19)13-18(10-6-9-17)12-15-7-4-3-5-8-15/h2-5,7-8,16,19H,1,6,10-14H2. The predicted octanol–water partition coefficient (Wildman–Crippen LogP) is 1.97. The van der Waals surface area contributed by atoms with Gasteiger partial charge in [0.05, 0.1) is 25.4 Å². The van der Waals surface area contributed by atoms with Crippen molar-refractivity contribution >= 4 is 0 Å². The van der Waals surface area contributed by atoms with Gasteiger partial charge in [0.1, 0.15) is 0 Å². The van der Waals surface area contributed by atoms with Crippen LogP contribution in [-0.2, 0) is 11.3 Å². The zero-order valence-corrected chi connectivity index (χ0v) is 11.7. The second kappa shape index (κ2) is 10.2. The minimum Gasteiger partial charge on any atom is -0.389 e. The van der Waals surface area contributed by atoms with E-state index in [0.717, 1.165) is 6.54 Å². The fraction of sp³-hybridized carbons (Fsp3) is 0.438. The van der Waals surface area contributed by atoms with Crippen LogP contribution in [0.25, 0.3) is 0 Å². The molecule has 0 amide bonds. The highest BCUT2D eigenvalue weighted by Crippen LogP contribution is 2.06. The van der Waals surface area contributed by atoms with E-state index in [9.17, 15) is 5.11 Å². The molecule has 0 radical (unpaired) electrons. The molecule has 1 atom stereocenters. The Labute approximate surface area is 120 Å². The van der Waals surface area contributed by atoms with Crippen molar-refractivity contribution in [3.63, 3.8) is 0 Å². The lowest BCUT2D eigenvalue weighted by Gasteiger charge is -2.24. The van der Waals surface area contributed by atoms with Crippen LogP contribution in [0.5, 0.6) is 0 Å². The fourth-order valence-corrected chi connectivity index (χ4v) is 1.92. The summed E-state index contributed by atoms with van der Waals surface area (Å²) in [5.74, 6) is 0. The topological polar surface area (TPSA) is 56.5 Å². The number of nitrogens with zero attached hydrogens (tertiary/aromatic N) is 2. The van der Waals surface area contributed by atoms with Crippen molar-refractivity contribution in [2.45, 2.75) is 19.1 Å². The minimum atomic E-state index is -0.558. The van der Waals surface area contributed by atoms with E-state index in [1.165, 1.54) is 5.56 Å². The van der Waals surface area contributed by atoms with Crippen molar-refractivity contribution in [2.24, 2.45) is 0 Å². The maximum absolute atomic E-state index is 9.94. The number of benzene rings is 1. The largest absolute Gasteiger partial charge is 0.389 e. The van der Waals surface area contributed by atoms with Gasteiger partial charge in [-0.05, 0) is 5.56 Å². The number of rotatable bonds is 10.